The Balaban J connectivity index is 2.13. The maximum absolute atomic E-state index is 12.5. The van der Waals surface area contributed by atoms with Gasteiger partial charge >= 0.3 is 0 Å². The Labute approximate surface area is 128 Å². The van der Waals surface area contributed by atoms with E-state index < -0.39 is 0 Å². The van der Waals surface area contributed by atoms with E-state index in [-0.39, 0.29) is 11.9 Å². The van der Waals surface area contributed by atoms with Gasteiger partial charge in [-0.3, -0.25) is 14.5 Å². The fourth-order valence-corrected chi connectivity index (χ4v) is 2.73. The Morgan fingerprint density at radius 3 is 3.00 bits per heavy atom. The van der Waals surface area contributed by atoms with Crippen molar-refractivity contribution < 1.29 is 4.79 Å². The number of aryl methyl sites for hydroxylation is 2. The second kappa shape index (κ2) is 5.24. The molecule has 0 saturated heterocycles. The number of hydrogen-bond donors (Lipinski definition) is 2. The van der Waals surface area contributed by atoms with Crippen LogP contribution in [-0.2, 0) is 6.42 Å². The van der Waals surface area contributed by atoms with Crippen molar-refractivity contribution in [3.05, 3.63) is 33.7 Å². The van der Waals surface area contributed by atoms with Gasteiger partial charge in [-0.15, -0.1) is 5.10 Å². The summed E-state index contributed by atoms with van der Waals surface area (Å²) in [5.74, 6) is -0.193. The summed E-state index contributed by atoms with van der Waals surface area (Å²) in [6, 6.07) is 1.96. The van der Waals surface area contributed by atoms with Crippen LogP contribution in [0.25, 0.3) is 5.65 Å². The molecular formula is C12H12BrN7O. The zero-order valence-corrected chi connectivity index (χ0v) is 13.0. The third kappa shape index (κ3) is 2.40. The van der Waals surface area contributed by atoms with Gasteiger partial charge < -0.3 is 0 Å². The number of amides is 1. The summed E-state index contributed by atoms with van der Waals surface area (Å²) >= 11 is 3.44. The van der Waals surface area contributed by atoms with Crippen LogP contribution in [0.2, 0.25) is 0 Å². The van der Waals surface area contributed by atoms with Crippen LogP contribution in [-0.4, -0.2) is 35.9 Å². The fourth-order valence-electron chi connectivity index (χ4n) is 2.18. The minimum Gasteiger partial charge on any atom is -0.294 e. The molecule has 1 amide bonds. The Bertz CT molecular complexity index is 809. The van der Waals surface area contributed by atoms with Crippen LogP contribution in [0.15, 0.2) is 16.7 Å². The van der Waals surface area contributed by atoms with E-state index in [2.05, 4.69) is 46.9 Å². The van der Waals surface area contributed by atoms with E-state index in [0.717, 1.165) is 21.4 Å². The van der Waals surface area contributed by atoms with Gasteiger partial charge in [-0.05, 0) is 46.1 Å². The summed E-state index contributed by atoms with van der Waals surface area (Å²) in [6.45, 7) is 3.91. The highest BCUT2D eigenvalue weighted by molar-refractivity contribution is 9.10. The summed E-state index contributed by atoms with van der Waals surface area (Å²) in [5, 5.41) is 15.7. The Hall–Kier alpha value is -2.29. The second-order valence-electron chi connectivity index (χ2n) is 4.49. The number of halogens is 1. The SMILES string of the molecule is CCc1nc2c(C)cc(Br)cn2c1C(=O)Nc1nn[nH]n1. The summed E-state index contributed by atoms with van der Waals surface area (Å²) < 4.78 is 2.65. The molecule has 0 unspecified atom stereocenters. The van der Waals surface area contributed by atoms with Crippen LogP contribution < -0.4 is 5.32 Å². The van der Waals surface area contributed by atoms with Crippen LogP contribution >= 0.6 is 15.9 Å². The van der Waals surface area contributed by atoms with Crippen molar-refractivity contribution in [2.75, 3.05) is 5.32 Å². The molecule has 0 bridgehead atoms. The maximum Gasteiger partial charge on any atom is 0.277 e. The van der Waals surface area contributed by atoms with Gasteiger partial charge in [-0.2, -0.15) is 5.21 Å². The number of imidazole rings is 1. The van der Waals surface area contributed by atoms with E-state index in [1.54, 1.807) is 4.40 Å². The predicted molar refractivity (Wildman–Crippen MR) is 79.1 cm³/mol. The number of aromatic amines is 1. The molecule has 0 saturated carbocycles. The highest BCUT2D eigenvalue weighted by Crippen LogP contribution is 2.21. The first-order valence-electron chi connectivity index (χ1n) is 6.32. The zero-order valence-electron chi connectivity index (χ0n) is 11.4. The van der Waals surface area contributed by atoms with E-state index in [1.807, 2.05) is 26.1 Å². The molecule has 21 heavy (non-hydrogen) atoms. The van der Waals surface area contributed by atoms with Crippen LogP contribution in [0.4, 0.5) is 5.95 Å². The number of aromatic nitrogens is 6. The van der Waals surface area contributed by atoms with Crippen molar-refractivity contribution in [1.29, 1.82) is 0 Å². The summed E-state index contributed by atoms with van der Waals surface area (Å²) in [6.07, 6.45) is 2.47. The number of nitrogens with zero attached hydrogens (tertiary/aromatic N) is 5. The largest absolute Gasteiger partial charge is 0.294 e. The topological polar surface area (TPSA) is 101 Å². The number of anilines is 1. The molecule has 0 atom stereocenters. The number of nitrogens with one attached hydrogen (secondary N) is 2. The Morgan fingerprint density at radius 1 is 1.52 bits per heavy atom. The van der Waals surface area contributed by atoms with Crippen LogP contribution in [0.5, 0.6) is 0 Å². The van der Waals surface area contributed by atoms with E-state index in [1.165, 1.54) is 0 Å². The number of pyridine rings is 1. The smallest absolute Gasteiger partial charge is 0.277 e. The third-order valence-electron chi connectivity index (χ3n) is 3.06. The van der Waals surface area contributed by atoms with Gasteiger partial charge in [0.25, 0.3) is 11.9 Å². The Kier molecular flexibility index (Phi) is 3.42. The number of tetrazole rings is 1. The molecule has 3 heterocycles. The number of hydrogen-bond acceptors (Lipinski definition) is 5. The first kappa shape index (κ1) is 13.7. The first-order chi connectivity index (χ1) is 10.1. The van der Waals surface area contributed by atoms with Crippen molar-refractivity contribution in [3.8, 4) is 0 Å². The lowest BCUT2D eigenvalue weighted by Gasteiger charge is -2.04. The molecule has 0 aromatic carbocycles. The molecule has 0 aliphatic carbocycles. The molecule has 0 aliphatic rings. The lowest BCUT2D eigenvalue weighted by atomic mass is 10.2. The van der Waals surface area contributed by atoms with Crippen molar-refractivity contribution >= 4 is 33.4 Å². The average molecular weight is 350 g/mol. The van der Waals surface area contributed by atoms with Crippen molar-refractivity contribution in [2.45, 2.75) is 20.3 Å². The van der Waals surface area contributed by atoms with Crippen LogP contribution in [0.1, 0.15) is 28.7 Å². The number of fused-ring (bicyclic) bond motifs is 1. The van der Waals surface area contributed by atoms with E-state index >= 15 is 0 Å². The van der Waals surface area contributed by atoms with Gasteiger partial charge in [0.05, 0.1) is 5.69 Å². The zero-order chi connectivity index (χ0) is 15.0. The Morgan fingerprint density at radius 2 is 2.33 bits per heavy atom. The maximum atomic E-state index is 12.5. The van der Waals surface area contributed by atoms with Gasteiger partial charge in [0.2, 0.25) is 0 Å². The van der Waals surface area contributed by atoms with Gasteiger partial charge in [0.15, 0.2) is 0 Å². The molecule has 108 valence electrons. The van der Waals surface area contributed by atoms with E-state index in [4.69, 9.17) is 0 Å². The quantitative estimate of drug-likeness (QED) is 0.749. The predicted octanol–water partition coefficient (Wildman–Crippen LogP) is 1.73. The van der Waals surface area contributed by atoms with Gasteiger partial charge in [0.1, 0.15) is 11.3 Å². The van der Waals surface area contributed by atoms with Gasteiger partial charge in [-0.1, -0.05) is 12.0 Å². The highest BCUT2D eigenvalue weighted by atomic mass is 79.9. The van der Waals surface area contributed by atoms with Gasteiger partial charge in [0, 0.05) is 10.7 Å². The van der Waals surface area contributed by atoms with Crippen molar-refractivity contribution in [3.63, 3.8) is 0 Å². The molecule has 3 rings (SSSR count). The minimum atomic E-state index is -0.321. The molecule has 0 spiro atoms. The number of carbonyl (C=O) groups excluding carboxylic acids is 1. The summed E-state index contributed by atoms with van der Waals surface area (Å²) in [7, 11) is 0. The number of rotatable bonds is 3. The molecule has 0 radical (unpaired) electrons. The number of carbonyl (C=O) groups is 1. The summed E-state index contributed by atoms with van der Waals surface area (Å²) in [4.78, 5) is 17.0. The highest BCUT2D eigenvalue weighted by Gasteiger charge is 2.20. The second-order valence-corrected chi connectivity index (χ2v) is 5.40. The molecule has 3 aromatic heterocycles. The molecule has 2 N–H and O–H groups in total. The first-order valence-corrected chi connectivity index (χ1v) is 7.11. The molecule has 9 heteroatoms. The minimum absolute atomic E-state index is 0.128. The summed E-state index contributed by atoms with van der Waals surface area (Å²) in [5.41, 5.74) is 2.94. The van der Waals surface area contributed by atoms with Gasteiger partial charge in [-0.25, -0.2) is 4.98 Å². The normalized spacial score (nSPS) is 11.0. The van der Waals surface area contributed by atoms with Crippen LogP contribution in [0.3, 0.4) is 0 Å². The third-order valence-corrected chi connectivity index (χ3v) is 3.50. The lowest BCUT2D eigenvalue weighted by Crippen LogP contribution is -2.17. The van der Waals surface area contributed by atoms with Crippen LogP contribution in [0, 0.1) is 6.92 Å². The van der Waals surface area contributed by atoms with E-state index in [0.29, 0.717) is 12.1 Å². The molecule has 8 nitrogen and oxygen atoms in total. The lowest BCUT2D eigenvalue weighted by molar-refractivity contribution is 0.101. The standard InChI is InChI=1S/C12H12BrN7O/c1-3-8-9(11(21)15-12-16-18-19-17-12)20-5-7(13)4-6(2)10(20)14-8/h4-5H,3H2,1-2H3,(H2,15,16,17,18,19,21). The number of H-pyrrole nitrogens is 1. The van der Waals surface area contributed by atoms with Crippen molar-refractivity contribution in [2.24, 2.45) is 0 Å². The molecule has 0 aliphatic heterocycles. The monoisotopic (exact) mass is 349 g/mol. The van der Waals surface area contributed by atoms with E-state index in [9.17, 15) is 4.79 Å². The van der Waals surface area contributed by atoms with Crippen molar-refractivity contribution in [1.82, 2.24) is 30.0 Å². The fraction of sp³-hybridized carbons (Fsp3) is 0.250. The average Bonchev–Trinajstić information content (AvgIpc) is 3.05. The molecule has 3 aromatic rings. The molecule has 0 fully saturated rings. The molecular weight excluding hydrogens is 338 g/mol.